The molecular formula is C19H28N2OS. The molecule has 0 radical (unpaired) electrons. The Bertz CT molecular complexity index is 622. The number of nitrogens with zero attached hydrogens (tertiary/aromatic N) is 1. The third-order valence-corrected chi connectivity index (χ3v) is 6.41. The zero-order valence-electron chi connectivity index (χ0n) is 15.0. The fourth-order valence-corrected chi connectivity index (χ4v) is 4.59. The maximum Gasteiger partial charge on any atom is 0.225 e. The molecule has 2 rings (SSSR count). The Balaban J connectivity index is 2.23. The Labute approximate surface area is 144 Å². The van der Waals surface area contributed by atoms with E-state index in [4.69, 9.17) is 0 Å². The van der Waals surface area contributed by atoms with Gasteiger partial charge in [-0.3, -0.25) is 4.79 Å². The second-order valence-electron chi connectivity index (χ2n) is 7.75. The second-order valence-corrected chi connectivity index (χ2v) is 8.85. The zero-order chi connectivity index (χ0) is 17.2. The molecule has 1 aromatic rings. The number of amides is 1. The summed E-state index contributed by atoms with van der Waals surface area (Å²) in [7, 11) is 0. The van der Waals surface area contributed by atoms with E-state index in [0.717, 1.165) is 24.3 Å². The van der Waals surface area contributed by atoms with E-state index in [9.17, 15) is 10.1 Å². The van der Waals surface area contributed by atoms with Gasteiger partial charge in [-0.2, -0.15) is 5.26 Å². The molecule has 0 spiro atoms. The average molecular weight is 333 g/mol. The molecule has 1 aliphatic carbocycles. The van der Waals surface area contributed by atoms with Gasteiger partial charge in [-0.25, -0.2) is 0 Å². The quantitative estimate of drug-likeness (QED) is 0.811. The molecule has 4 heteroatoms. The van der Waals surface area contributed by atoms with E-state index in [1.807, 2.05) is 13.8 Å². The molecule has 0 aromatic carbocycles. The van der Waals surface area contributed by atoms with Crippen LogP contribution in [0.1, 0.15) is 69.9 Å². The van der Waals surface area contributed by atoms with Crippen LogP contribution in [0.4, 0.5) is 5.00 Å². The minimum absolute atomic E-state index is 0.0144. The van der Waals surface area contributed by atoms with Crippen LogP contribution in [-0.4, -0.2) is 5.91 Å². The van der Waals surface area contributed by atoms with E-state index < -0.39 is 0 Å². The lowest BCUT2D eigenvalue weighted by Gasteiger charge is -2.36. The molecule has 0 saturated heterocycles. The highest BCUT2D eigenvalue weighted by molar-refractivity contribution is 7.16. The first kappa shape index (κ1) is 18.0. The van der Waals surface area contributed by atoms with E-state index in [2.05, 4.69) is 32.2 Å². The summed E-state index contributed by atoms with van der Waals surface area (Å²) in [5.74, 6) is 0.995. The highest BCUT2D eigenvalue weighted by Crippen LogP contribution is 2.45. The Morgan fingerprint density at radius 3 is 2.74 bits per heavy atom. The molecule has 1 N–H and O–H groups in total. The largest absolute Gasteiger partial charge is 0.317 e. The third-order valence-electron chi connectivity index (χ3n) is 5.24. The molecule has 1 amide bonds. The molecule has 23 heavy (non-hydrogen) atoms. The highest BCUT2D eigenvalue weighted by Gasteiger charge is 2.34. The van der Waals surface area contributed by atoms with Gasteiger partial charge in [0.25, 0.3) is 0 Å². The van der Waals surface area contributed by atoms with Crippen molar-refractivity contribution in [2.24, 2.45) is 17.3 Å². The summed E-state index contributed by atoms with van der Waals surface area (Å²) in [4.78, 5) is 13.4. The summed E-state index contributed by atoms with van der Waals surface area (Å²) in [5, 5.41) is 13.3. The van der Waals surface area contributed by atoms with E-state index >= 15 is 0 Å². The smallest absolute Gasteiger partial charge is 0.225 e. The third kappa shape index (κ3) is 3.95. The SMILES string of the molecule is CCC(C)(C)C1CCc2c(sc(NC(=O)CC(C)C)c2C#N)C1. The van der Waals surface area contributed by atoms with Crippen LogP contribution in [0.15, 0.2) is 0 Å². The van der Waals surface area contributed by atoms with Crippen molar-refractivity contribution in [3.05, 3.63) is 16.0 Å². The summed E-state index contributed by atoms with van der Waals surface area (Å²) in [6.07, 6.45) is 4.80. The Kier molecular flexibility index (Phi) is 5.52. The first-order valence-corrected chi connectivity index (χ1v) is 9.44. The van der Waals surface area contributed by atoms with Crippen LogP contribution in [0.5, 0.6) is 0 Å². The Morgan fingerprint density at radius 2 is 2.17 bits per heavy atom. The number of nitriles is 1. The minimum atomic E-state index is 0.0144. The lowest BCUT2D eigenvalue weighted by atomic mass is 9.69. The van der Waals surface area contributed by atoms with Crippen molar-refractivity contribution in [3.63, 3.8) is 0 Å². The number of carbonyl (C=O) groups excluding carboxylic acids is 1. The van der Waals surface area contributed by atoms with E-state index in [1.54, 1.807) is 11.3 Å². The Morgan fingerprint density at radius 1 is 1.48 bits per heavy atom. The molecule has 1 aliphatic rings. The number of fused-ring (bicyclic) bond motifs is 1. The molecule has 126 valence electrons. The minimum Gasteiger partial charge on any atom is -0.317 e. The first-order valence-electron chi connectivity index (χ1n) is 8.63. The lowest BCUT2D eigenvalue weighted by Crippen LogP contribution is -2.28. The number of rotatable bonds is 5. The fraction of sp³-hybridized carbons (Fsp3) is 0.684. The topological polar surface area (TPSA) is 52.9 Å². The molecule has 1 atom stereocenters. The van der Waals surface area contributed by atoms with E-state index in [-0.39, 0.29) is 5.91 Å². The van der Waals surface area contributed by atoms with Crippen molar-refractivity contribution in [1.82, 2.24) is 0 Å². The Hall–Kier alpha value is -1.34. The predicted octanol–water partition coefficient (Wildman–Crippen LogP) is 5.15. The van der Waals surface area contributed by atoms with Gasteiger partial charge in [-0.15, -0.1) is 11.3 Å². The molecule has 3 nitrogen and oxygen atoms in total. The van der Waals surface area contributed by atoms with Crippen molar-refractivity contribution in [2.75, 3.05) is 5.32 Å². The van der Waals surface area contributed by atoms with Gasteiger partial charge in [0.15, 0.2) is 0 Å². The standard InChI is InChI=1S/C19H28N2OS/c1-6-19(4,5)13-7-8-14-15(11-20)18(23-16(14)10-13)21-17(22)9-12(2)3/h12-13H,6-10H2,1-5H3,(H,21,22). The van der Waals surface area contributed by atoms with Gasteiger partial charge in [0.1, 0.15) is 11.1 Å². The second kappa shape index (κ2) is 7.05. The van der Waals surface area contributed by atoms with Crippen LogP contribution in [0.3, 0.4) is 0 Å². The molecule has 0 fully saturated rings. The molecule has 0 aliphatic heterocycles. The van der Waals surface area contributed by atoms with Gasteiger partial charge >= 0.3 is 0 Å². The van der Waals surface area contributed by atoms with Gasteiger partial charge < -0.3 is 5.32 Å². The summed E-state index contributed by atoms with van der Waals surface area (Å²) >= 11 is 1.62. The highest BCUT2D eigenvalue weighted by atomic mass is 32.1. The van der Waals surface area contributed by atoms with Crippen LogP contribution in [0.25, 0.3) is 0 Å². The molecule has 0 saturated carbocycles. The van der Waals surface area contributed by atoms with E-state index in [1.165, 1.54) is 16.9 Å². The van der Waals surface area contributed by atoms with Crippen molar-refractivity contribution in [2.45, 2.75) is 66.7 Å². The molecule has 1 aromatic heterocycles. The molecule has 1 unspecified atom stereocenters. The van der Waals surface area contributed by atoms with Crippen molar-refractivity contribution in [1.29, 1.82) is 5.26 Å². The van der Waals surface area contributed by atoms with Crippen LogP contribution in [-0.2, 0) is 17.6 Å². The number of thiophene rings is 1. The summed E-state index contributed by atoms with van der Waals surface area (Å²) in [6, 6.07) is 2.33. The lowest BCUT2D eigenvalue weighted by molar-refractivity contribution is -0.116. The van der Waals surface area contributed by atoms with Crippen molar-refractivity contribution in [3.8, 4) is 6.07 Å². The monoisotopic (exact) mass is 332 g/mol. The van der Waals surface area contributed by atoms with Gasteiger partial charge in [0, 0.05) is 11.3 Å². The zero-order valence-corrected chi connectivity index (χ0v) is 15.8. The normalized spacial score (nSPS) is 17.7. The number of hydrogen-bond acceptors (Lipinski definition) is 3. The number of anilines is 1. The number of nitrogens with one attached hydrogen (secondary N) is 1. The fourth-order valence-electron chi connectivity index (χ4n) is 3.30. The van der Waals surface area contributed by atoms with Crippen molar-refractivity contribution < 1.29 is 4.79 Å². The van der Waals surface area contributed by atoms with Crippen LogP contribution >= 0.6 is 11.3 Å². The first-order chi connectivity index (χ1) is 10.8. The molecular weight excluding hydrogens is 304 g/mol. The molecule has 0 bridgehead atoms. The van der Waals surface area contributed by atoms with Crippen molar-refractivity contribution >= 4 is 22.2 Å². The number of hydrogen-bond donors (Lipinski definition) is 1. The van der Waals surface area contributed by atoms with Gasteiger partial charge in [0.2, 0.25) is 5.91 Å². The van der Waals surface area contributed by atoms with Crippen LogP contribution in [0, 0.1) is 28.6 Å². The maximum atomic E-state index is 12.1. The molecule has 1 heterocycles. The summed E-state index contributed by atoms with van der Waals surface area (Å²) < 4.78 is 0. The van der Waals surface area contributed by atoms with Gasteiger partial charge in [-0.1, -0.05) is 41.0 Å². The maximum absolute atomic E-state index is 12.1. The van der Waals surface area contributed by atoms with Crippen LogP contribution in [0.2, 0.25) is 0 Å². The predicted molar refractivity (Wildman–Crippen MR) is 96.7 cm³/mol. The average Bonchev–Trinajstić information content (AvgIpc) is 2.82. The van der Waals surface area contributed by atoms with Crippen LogP contribution < -0.4 is 5.32 Å². The summed E-state index contributed by atoms with van der Waals surface area (Å²) in [6.45, 7) is 11.0. The summed E-state index contributed by atoms with van der Waals surface area (Å²) in [5.41, 5.74) is 2.21. The van der Waals surface area contributed by atoms with Gasteiger partial charge in [0.05, 0.1) is 5.56 Å². The van der Waals surface area contributed by atoms with Gasteiger partial charge in [-0.05, 0) is 42.1 Å². The van der Waals surface area contributed by atoms with E-state index in [0.29, 0.717) is 29.2 Å². The number of carbonyl (C=O) groups is 1.